The van der Waals surface area contributed by atoms with Gasteiger partial charge in [-0.1, -0.05) is 25.5 Å². The summed E-state index contributed by atoms with van der Waals surface area (Å²) in [5.74, 6) is -1.05. The minimum Gasteiger partial charge on any atom is -0.394 e. The van der Waals surface area contributed by atoms with Gasteiger partial charge in [0.25, 0.3) is 0 Å². The first kappa shape index (κ1) is 62.0. The molecule has 0 amide bonds. The molecule has 5 aliphatic heterocycles. The lowest BCUT2D eigenvalue weighted by atomic mass is 9.42. The largest absolute Gasteiger partial charge is 0.394 e. The number of fused-ring (bicyclic) bond motifs is 5. The fraction of sp³-hybridized carbons (Fsp3) is 0.945. The van der Waals surface area contributed by atoms with Crippen molar-refractivity contribution in [2.75, 3.05) is 35.0 Å². The first-order valence-electron chi connectivity index (χ1n) is 28.3. The second-order valence-electron chi connectivity index (χ2n) is 24.4. The topological polar surface area (TPSA) is 328 Å². The van der Waals surface area contributed by atoms with Gasteiger partial charge in [0.2, 0.25) is 0 Å². The van der Waals surface area contributed by atoms with Gasteiger partial charge in [-0.05, 0) is 85.0 Å². The van der Waals surface area contributed by atoms with Crippen LogP contribution in [0.1, 0.15) is 113 Å². The van der Waals surface area contributed by atoms with Crippen molar-refractivity contribution in [1.82, 2.24) is 0 Å². The summed E-state index contributed by atoms with van der Waals surface area (Å²) in [5.41, 5.74) is -6.67. The Morgan fingerprint density at radius 2 is 1.10 bits per heavy atom. The van der Waals surface area contributed by atoms with Crippen LogP contribution in [-0.2, 0) is 71.1 Å². The van der Waals surface area contributed by atoms with Crippen LogP contribution in [0.5, 0.6) is 0 Å². The van der Waals surface area contributed by atoms with Crippen LogP contribution in [0.3, 0.4) is 0 Å². The Morgan fingerprint density at radius 3 is 1.62 bits per heavy atom. The van der Waals surface area contributed by atoms with Crippen molar-refractivity contribution >= 4 is 5.78 Å². The number of aliphatic hydroxyl groups is 9. The van der Waals surface area contributed by atoms with Gasteiger partial charge in [-0.3, -0.25) is 4.79 Å². The lowest BCUT2D eigenvalue weighted by Gasteiger charge is -2.66. The highest BCUT2D eigenvalue weighted by Gasteiger charge is 2.80. The molecule has 0 aromatic carbocycles. The third-order valence-corrected chi connectivity index (χ3v) is 20.3. The molecule has 30 atom stereocenters. The van der Waals surface area contributed by atoms with E-state index in [-0.39, 0.29) is 38.2 Å². The van der Waals surface area contributed by atoms with Gasteiger partial charge in [0.1, 0.15) is 77.8 Å². The number of Topliss-reactive ketones (excluding diaryl/α,β-unsaturated/α-hetero) is 1. The fourth-order valence-corrected chi connectivity index (χ4v) is 15.5. The van der Waals surface area contributed by atoms with E-state index in [0.29, 0.717) is 32.1 Å². The van der Waals surface area contributed by atoms with Gasteiger partial charge >= 0.3 is 0 Å². The van der Waals surface area contributed by atoms with E-state index in [1.165, 1.54) is 21.1 Å². The number of carbonyl (C=O) groups is 1. The summed E-state index contributed by atoms with van der Waals surface area (Å²) >= 11 is 0. The van der Waals surface area contributed by atoms with Gasteiger partial charge in [-0.15, -0.1) is 0 Å². The quantitative estimate of drug-likeness (QED) is 0.0901. The molecule has 454 valence electrons. The smallest absolute Gasteiger partial charge is 0.187 e. The molecule has 79 heavy (non-hydrogen) atoms. The SMILES string of the molecule is COC1CC(OC2CCC3(C)C(=CCC4(O)C3CC(O)C3(C)C(O)(C(C)=O)CCC43O)C2)OC(C)C1OC1CC(OC)C(OC2CC(OC)C(OC3OC(C)C(OC4OC(CO)C(O)C(O)C4O)C(OC)C3O)C(C)O2)C(C)O1. The maximum absolute atomic E-state index is 12.8. The molecule has 30 unspecified atom stereocenters. The van der Waals surface area contributed by atoms with E-state index in [0.717, 1.165) is 5.57 Å². The average Bonchev–Trinajstić information content (AvgIpc) is 2.69. The van der Waals surface area contributed by atoms with Crippen LogP contribution in [0, 0.1) is 16.7 Å². The lowest BCUT2D eigenvalue weighted by molar-refractivity contribution is -0.374. The number of ketones is 1. The Labute approximate surface area is 462 Å². The van der Waals surface area contributed by atoms with Gasteiger partial charge in [0.15, 0.2) is 37.2 Å². The van der Waals surface area contributed by atoms with E-state index in [4.69, 9.17) is 66.3 Å². The Morgan fingerprint density at radius 1 is 0.595 bits per heavy atom. The molecular formula is C55H90O24. The van der Waals surface area contributed by atoms with Gasteiger partial charge in [-0.25, -0.2) is 0 Å². The highest BCUT2D eigenvalue weighted by Crippen LogP contribution is 2.70. The summed E-state index contributed by atoms with van der Waals surface area (Å²) in [7, 11) is 6.11. The van der Waals surface area contributed by atoms with Crippen LogP contribution >= 0.6 is 0 Å². The van der Waals surface area contributed by atoms with E-state index in [1.54, 1.807) is 35.0 Å². The molecular weight excluding hydrogens is 1040 g/mol. The number of carbonyl (C=O) groups excluding carboxylic acids is 1. The van der Waals surface area contributed by atoms with Crippen molar-refractivity contribution in [3.05, 3.63) is 11.6 Å². The number of rotatable bonds is 16. The van der Waals surface area contributed by atoms with Gasteiger partial charge < -0.3 is 112 Å². The standard InChI is InChI=1S/C55H90O24/c1-24-44(31(66-8)19-37(70-24)74-30-13-14-51(6)29(18-30)12-15-54(64)35(51)22-36(58)52(7)53(63,28(5)57)16-17-55(52,54)65)76-38-20-32(67-9)45(25(2)71-38)77-39-21-33(68-10)46(26(3)72-39)78-50-43(62)48(69-11)47(27(4)73-50)79-49-42(61)41(60)40(59)34(23-56)75-49/h12,24-27,30-50,56,58-65H,13-23H2,1-11H3. The third-order valence-electron chi connectivity index (χ3n) is 20.3. The number of ether oxygens (including phenoxy) is 14. The summed E-state index contributed by atoms with van der Waals surface area (Å²) in [4.78, 5) is 12.8. The second kappa shape index (κ2) is 23.7. The summed E-state index contributed by atoms with van der Waals surface area (Å²) < 4.78 is 86.9. The molecule has 24 heteroatoms. The molecule has 3 saturated carbocycles. The van der Waals surface area contributed by atoms with E-state index in [9.17, 15) is 50.8 Å². The zero-order valence-electron chi connectivity index (χ0n) is 47.4. The Kier molecular flexibility index (Phi) is 18.6. The van der Waals surface area contributed by atoms with E-state index < -0.39 is 187 Å². The molecule has 0 aromatic heterocycles. The lowest BCUT2D eigenvalue weighted by Crippen LogP contribution is -2.78. The highest BCUT2D eigenvalue weighted by atomic mass is 16.8. The first-order valence-corrected chi connectivity index (χ1v) is 28.3. The molecule has 0 spiro atoms. The van der Waals surface area contributed by atoms with Crippen LogP contribution < -0.4 is 0 Å². The van der Waals surface area contributed by atoms with E-state index in [2.05, 4.69) is 6.92 Å². The molecule has 0 bridgehead atoms. The van der Waals surface area contributed by atoms with Crippen molar-refractivity contribution in [3.63, 3.8) is 0 Å². The zero-order valence-corrected chi connectivity index (χ0v) is 47.4. The van der Waals surface area contributed by atoms with Crippen molar-refractivity contribution in [3.8, 4) is 0 Å². The summed E-state index contributed by atoms with van der Waals surface area (Å²) in [6.45, 7) is 11.5. The molecule has 4 aliphatic carbocycles. The van der Waals surface area contributed by atoms with Crippen LogP contribution in [-0.4, -0.2) is 251 Å². The minimum atomic E-state index is -1.97. The number of hydrogen-bond donors (Lipinski definition) is 9. The molecule has 9 rings (SSSR count). The monoisotopic (exact) mass is 1130 g/mol. The second-order valence-corrected chi connectivity index (χ2v) is 24.4. The van der Waals surface area contributed by atoms with Crippen LogP contribution in [0.25, 0.3) is 0 Å². The Bertz CT molecular complexity index is 2120. The predicted octanol–water partition coefficient (Wildman–Crippen LogP) is -0.234. The zero-order chi connectivity index (χ0) is 57.5. The number of hydrogen-bond acceptors (Lipinski definition) is 24. The first-order chi connectivity index (χ1) is 37.3. The molecule has 9 aliphatic rings. The van der Waals surface area contributed by atoms with Crippen LogP contribution in [0.4, 0.5) is 0 Å². The van der Waals surface area contributed by atoms with Crippen molar-refractivity contribution in [2.45, 2.75) is 277 Å². The third kappa shape index (κ3) is 10.6. The number of methoxy groups -OCH3 is 4. The van der Waals surface area contributed by atoms with Crippen molar-refractivity contribution in [2.24, 2.45) is 16.7 Å². The molecule has 5 heterocycles. The molecule has 8 fully saturated rings. The summed E-state index contributed by atoms with van der Waals surface area (Å²) in [6.07, 6.45) is -16.9. The molecule has 9 N–H and O–H groups in total. The van der Waals surface area contributed by atoms with Crippen LogP contribution in [0.15, 0.2) is 11.6 Å². The minimum absolute atomic E-state index is 0.0111. The molecule has 24 nitrogen and oxygen atoms in total. The van der Waals surface area contributed by atoms with Gasteiger partial charge in [0.05, 0.1) is 67.0 Å². The molecule has 0 aromatic rings. The van der Waals surface area contributed by atoms with E-state index >= 15 is 0 Å². The average molecular weight is 1140 g/mol. The van der Waals surface area contributed by atoms with Gasteiger partial charge in [0, 0.05) is 53.6 Å². The normalized spacial score (nSPS) is 54.1. The van der Waals surface area contributed by atoms with E-state index in [1.807, 2.05) is 19.9 Å². The predicted molar refractivity (Wildman–Crippen MR) is 270 cm³/mol. The Balaban J connectivity index is 0.765. The summed E-state index contributed by atoms with van der Waals surface area (Å²) in [5, 5.41) is 101. The highest BCUT2D eigenvalue weighted by molar-refractivity contribution is 5.87. The Hall–Kier alpha value is -1.51. The molecule has 5 saturated heterocycles. The fourth-order valence-electron chi connectivity index (χ4n) is 15.5. The van der Waals surface area contributed by atoms with Crippen LogP contribution in [0.2, 0.25) is 0 Å². The van der Waals surface area contributed by atoms with Gasteiger partial charge in [-0.2, -0.15) is 0 Å². The number of aliphatic hydroxyl groups excluding tert-OH is 6. The van der Waals surface area contributed by atoms with Crippen molar-refractivity contribution in [1.29, 1.82) is 0 Å². The maximum atomic E-state index is 12.8. The van der Waals surface area contributed by atoms with Crippen molar-refractivity contribution < 1.29 is 117 Å². The molecule has 0 radical (unpaired) electrons. The maximum Gasteiger partial charge on any atom is 0.187 e. The summed E-state index contributed by atoms with van der Waals surface area (Å²) in [6, 6.07) is 0.